The molecule has 2 atom stereocenters. The molecule has 0 aromatic carbocycles. The molecule has 0 aliphatic heterocycles. The number of aliphatic hydroxyl groups is 1. The lowest BCUT2D eigenvalue weighted by Crippen LogP contribution is -2.38. The molecule has 0 saturated heterocycles. The predicted molar refractivity (Wildman–Crippen MR) is 37.0 cm³/mol. The van der Waals surface area contributed by atoms with Gasteiger partial charge in [0.2, 0.25) is 11.3 Å². The second-order valence-corrected chi connectivity index (χ2v) is 2.50. The molecule has 0 aromatic rings. The van der Waals surface area contributed by atoms with Crippen molar-refractivity contribution in [3.05, 3.63) is 0 Å². The average molecular weight is 183 g/mol. The van der Waals surface area contributed by atoms with Crippen molar-refractivity contribution in [2.45, 2.75) is 12.5 Å². The summed E-state index contributed by atoms with van der Waals surface area (Å²) in [5.41, 5.74) is 0. The molecule has 7 heteroatoms. The Morgan fingerprint density at radius 1 is 1.64 bits per heavy atom. The highest BCUT2D eigenvalue weighted by Crippen LogP contribution is 1.91. The fourth-order valence-electron chi connectivity index (χ4n) is 0.484. The quantitative estimate of drug-likeness (QED) is 0.390. The van der Waals surface area contributed by atoms with Crippen LogP contribution in [-0.2, 0) is 16.1 Å². The van der Waals surface area contributed by atoms with Crippen LogP contribution >= 0.6 is 0 Å². The van der Waals surface area contributed by atoms with E-state index >= 15 is 0 Å². The molecule has 0 rings (SSSR count). The molecule has 0 radical (unpaired) electrons. The molecule has 6 nitrogen and oxygen atoms in total. The third-order valence-corrected chi connectivity index (χ3v) is 1.45. The zero-order chi connectivity index (χ0) is 8.85. The van der Waals surface area contributed by atoms with E-state index in [2.05, 4.69) is 0 Å². The zero-order valence-corrected chi connectivity index (χ0v) is 6.37. The molecular formula is C4H9NO5S. The Labute approximate surface area is 65.6 Å². The van der Waals surface area contributed by atoms with Crippen LogP contribution in [-0.4, -0.2) is 37.6 Å². The van der Waals surface area contributed by atoms with E-state index in [4.69, 9.17) is 14.8 Å². The lowest BCUT2D eigenvalue weighted by Gasteiger charge is -2.08. The minimum Gasteiger partial charge on any atom is -0.480 e. The minimum absolute atomic E-state index is 0.0956. The van der Waals surface area contributed by atoms with Crippen molar-refractivity contribution in [2.24, 2.45) is 0 Å². The highest BCUT2D eigenvalue weighted by atomic mass is 32.2. The fourth-order valence-corrected chi connectivity index (χ4v) is 0.946. The normalized spacial score (nSPS) is 15.8. The highest BCUT2D eigenvalue weighted by molar-refractivity contribution is 7.77. The molecule has 4 N–H and O–H groups in total. The molecular weight excluding hydrogens is 174 g/mol. The SMILES string of the molecule is O=C(O)[C@H](CCO)NS(=O)O. The van der Waals surface area contributed by atoms with Crippen LogP contribution in [0.2, 0.25) is 0 Å². The summed E-state index contributed by atoms with van der Waals surface area (Å²) in [5, 5.41) is 16.6. The fraction of sp³-hybridized carbons (Fsp3) is 0.750. The van der Waals surface area contributed by atoms with E-state index in [0.29, 0.717) is 0 Å². The number of carboxylic acid groups (broad SMARTS) is 1. The number of nitrogens with one attached hydrogen (secondary N) is 1. The lowest BCUT2D eigenvalue weighted by atomic mass is 10.2. The Bertz CT molecular complexity index is 161. The summed E-state index contributed by atoms with van der Waals surface area (Å²) in [4.78, 5) is 10.2. The lowest BCUT2D eigenvalue weighted by molar-refractivity contribution is -0.139. The maximum atomic E-state index is 10.2. The summed E-state index contributed by atoms with van der Waals surface area (Å²) in [5.74, 6) is -1.26. The predicted octanol–water partition coefficient (Wildman–Crippen LogP) is -1.45. The summed E-state index contributed by atoms with van der Waals surface area (Å²) in [6, 6.07) is -1.18. The largest absolute Gasteiger partial charge is 0.480 e. The first-order valence-corrected chi connectivity index (χ1v) is 3.89. The van der Waals surface area contributed by atoms with Gasteiger partial charge in [0.15, 0.2) is 0 Å². The van der Waals surface area contributed by atoms with Crippen molar-refractivity contribution >= 4 is 17.2 Å². The number of aliphatic carboxylic acids is 1. The van der Waals surface area contributed by atoms with E-state index in [1.54, 1.807) is 0 Å². The molecule has 0 aliphatic rings. The molecule has 0 bridgehead atoms. The van der Waals surface area contributed by atoms with Gasteiger partial charge in [-0.3, -0.25) is 9.35 Å². The molecule has 0 saturated carbocycles. The van der Waals surface area contributed by atoms with Crippen molar-refractivity contribution in [1.29, 1.82) is 0 Å². The number of aliphatic hydroxyl groups excluding tert-OH is 1. The van der Waals surface area contributed by atoms with Gasteiger partial charge in [-0.25, -0.2) is 8.93 Å². The van der Waals surface area contributed by atoms with Crippen molar-refractivity contribution < 1.29 is 23.8 Å². The summed E-state index contributed by atoms with van der Waals surface area (Å²) < 4.78 is 20.1. The molecule has 0 heterocycles. The van der Waals surface area contributed by atoms with E-state index in [0.717, 1.165) is 0 Å². The van der Waals surface area contributed by atoms with Gasteiger partial charge in [0.05, 0.1) is 0 Å². The Kier molecular flexibility index (Phi) is 4.95. The van der Waals surface area contributed by atoms with E-state index in [-0.39, 0.29) is 13.0 Å². The molecule has 0 aromatic heterocycles. The van der Waals surface area contributed by atoms with Crippen LogP contribution in [0.4, 0.5) is 0 Å². The summed E-state index contributed by atoms with van der Waals surface area (Å²) >= 11 is -2.36. The van der Waals surface area contributed by atoms with Crippen molar-refractivity contribution in [2.75, 3.05) is 6.61 Å². The third-order valence-electron chi connectivity index (χ3n) is 0.959. The van der Waals surface area contributed by atoms with Gasteiger partial charge < -0.3 is 10.2 Å². The second-order valence-electron chi connectivity index (χ2n) is 1.77. The van der Waals surface area contributed by atoms with E-state index in [1.807, 2.05) is 4.72 Å². The van der Waals surface area contributed by atoms with Crippen molar-refractivity contribution in [3.8, 4) is 0 Å². The first-order chi connectivity index (χ1) is 5.07. The van der Waals surface area contributed by atoms with Crippen LogP contribution in [0.25, 0.3) is 0 Å². The Morgan fingerprint density at radius 2 is 2.18 bits per heavy atom. The van der Waals surface area contributed by atoms with Gasteiger partial charge in [-0.2, -0.15) is 0 Å². The van der Waals surface area contributed by atoms with Crippen LogP contribution < -0.4 is 4.72 Å². The number of carboxylic acids is 1. The Hall–Kier alpha value is -0.500. The smallest absolute Gasteiger partial charge is 0.321 e. The summed E-state index contributed by atoms with van der Waals surface area (Å²) in [7, 11) is 0. The number of carbonyl (C=O) groups is 1. The van der Waals surface area contributed by atoms with Crippen LogP contribution in [0.3, 0.4) is 0 Å². The number of hydrogen-bond acceptors (Lipinski definition) is 3. The molecule has 0 amide bonds. The molecule has 0 fully saturated rings. The van der Waals surface area contributed by atoms with Crippen LogP contribution in [0.15, 0.2) is 0 Å². The number of hydrogen-bond donors (Lipinski definition) is 4. The summed E-state index contributed by atoms with van der Waals surface area (Å²) in [6.07, 6.45) is -0.0956. The van der Waals surface area contributed by atoms with E-state index in [9.17, 15) is 9.00 Å². The first kappa shape index (κ1) is 10.5. The second kappa shape index (κ2) is 5.19. The maximum absolute atomic E-state index is 10.2. The van der Waals surface area contributed by atoms with E-state index in [1.165, 1.54) is 0 Å². The molecule has 1 unspecified atom stereocenters. The van der Waals surface area contributed by atoms with Gasteiger partial charge in [0.1, 0.15) is 6.04 Å². The van der Waals surface area contributed by atoms with Crippen LogP contribution in [0.1, 0.15) is 6.42 Å². The molecule has 0 spiro atoms. The summed E-state index contributed by atoms with van der Waals surface area (Å²) in [6.45, 7) is -0.346. The van der Waals surface area contributed by atoms with Crippen LogP contribution in [0, 0.1) is 0 Å². The minimum atomic E-state index is -2.36. The van der Waals surface area contributed by atoms with Gasteiger partial charge in [-0.05, 0) is 6.42 Å². The zero-order valence-electron chi connectivity index (χ0n) is 5.56. The standard InChI is InChI=1S/C4H9NO5S/c6-2-1-3(4(7)8)5-11(9)10/h3,5-6H,1-2H2,(H,7,8)(H,9,10)/t3-/m0/s1. The molecule has 11 heavy (non-hydrogen) atoms. The van der Waals surface area contributed by atoms with Gasteiger partial charge >= 0.3 is 5.97 Å². The Morgan fingerprint density at radius 3 is 2.45 bits per heavy atom. The first-order valence-electron chi connectivity index (χ1n) is 2.78. The maximum Gasteiger partial charge on any atom is 0.321 e. The third kappa shape index (κ3) is 4.85. The Balaban J connectivity index is 3.89. The average Bonchev–Trinajstić information content (AvgIpc) is 1.86. The topological polar surface area (TPSA) is 107 Å². The van der Waals surface area contributed by atoms with Crippen molar-refractivity contribution in [1.82, 2.24) is 4.72 Å². The van der Waals surface area contributed by atoms with Gasteiger partial charge in [0, 0.05) is 6.61 Å². The van der Waals surface area contributed by atoms with Crippen molar-refractivity contribution in [3.63, 3.8) is 0 Å². The van der Waals surface area contributed by atoms with E-state index < -0.39 is 23.3 Å². The van der Waals surface area contributed by atoms with Gasteiger partial charge in [-0.1, -0.05) is 0 Å². The van der Waals surface area contributed by atoms with Gasteiger partial charge in [-0.15, -0.1) is 0 Å². The molecule has 66 valence electrons. The van der Waals surface area contributed by atoms with Gasteiger partial charge in [0.25, 0.3) is 0 Å². The highest BCUT2D eigenvalue weighted by Gasteiger charge is 2.17. The number of rotatable bonds is 5. The monoisotopic (exact) mass is 183 g/mol. The van der Waals surface area contributed by atoms with Crippen LogP contribution in [0.5, 0.6) is 0 Å². The molecule has 0 aliphatic carbocycles.